The Hall–Kier alpha value is -2.75. The van der Waals surface area contributed by atoms with Crippen molar-refractivity contribution in [3.05, 3.63) is 46.8 Å². The van der Waals surface area contributed by atoms with Crippen LogP contribution >= 0.6 is 0 Å². The van der Waals surface area contributed by atoms with E-state index in [9.17, 15) is 18.5 Å². The Morgan fingerprint density at radius 1 is 1.25 bits per heavy atom. The molecular weight excluding hydrogens is 286 g/mol. The smallest absolute Gasteiger partial charge is 0.291 e. The van der Waals surface area contributed by atoms with E-state index >= 15 is 0 Å². The lowest BCUT2D eigenvalue weighted by atomic mass is 10.3. The Morgan fingerprint density at radius 3 is 2.50 bits per heavy atom. The van der Waals surface area contributed by atoms with Crippen LogP contribution in [-0.4, -0.2) is 23.3 Å². The molecule has 0 amide bonds. The molecule has 2 aromatic rings. The fourth-order valence-corrected chi connectivity index (χ4v) is 2.54. The second-order valence-electron chi connectivity index (χ2n) is 3.66. The first-order valence-electron chi connectivity index (χ1n) is 5.24. The van der Waals surface area contributed by atoms with Crippen molar-refractivity contribution in [3.8, 4) is 0 Å². The van der Waals surface area contributed by atoms with E-state index in [1.807, 2.05) is 0 Å². The zero-order valence-corrected chi connectivity index (χ0v) is 10.7. The van der Waals surface area contributed by atoms with Crippen molar-refractivity contribution >= 4 is 27.3 Å². The monoisotopic (exact) mass is 295 g/mol. The van der Waals surface area contributed by atoms with E-state index in [-0.39, 0.29) is 11.6 Å². The summed E-state index contributed by atoms with van der Waals surface area (Å²) in [5, 5.41) is 10.9. The number of nitrogens with zero attached hydrogens (tertiary/aromatic N) is 3. The average Bonchev–Trinajstić information content (AvgIpc) is 2.38. The molecule has 10 heteroatoms. The van der Waals surface area contributed by atoms with Crippen molar-refractivity contribution in [1.82, 2.24) is 9.97 Å². The number of sulfonamides is 1. The van der Waals surface area contributed by atoms with Gasteiger partial charge in [-0.25, -0.2) is 23.1 Å². The second kappa shape index (κ2) is 5.09. The topological polar surface area (TPSA) is 141 Å². The molecule has 20 heavy (non-hydrogen) atoms. The summed E-state index contributed by atoms with van der Waals surface area (Å²) >= 11 is 0. The van der Waals surface area contributed by atoms with Gasteiger partial charge in [0.2, 0.25) is 5.95 Å². The largest absolute Gasteiger partial charge is 0.399 e. The predicted molar refractivity (Wildman–Crippen MR) is 70.3 cm³/mol. The Bertz CT molecular complexity index is 747. The van der Waals surface area contributed by atoms with Crippen LogP contribution in [0.2, 0.25) is 0 Å². The summed E-state index contributed by atoms with van der Waals surface area (Å²) in [4.78, 5) is 16.9. The standard InChI is InChI=1S/C10H9N5O4S/c11-7-2-3-9(8(6-7)15(16)17)20(18,19)14-10-12-4-1-5-13-10/h1-6H,11H2,(H,12,13,14). The SMILES string of the molecule is Nc1ccc(S(=O)(=O)Nc2ncccn2)c([N+](=O)[O-])c1. The molecule has 104 valence electrons. The van der Waals surface area contributed by atoms with Gasteiger partial charge in [-0.05, 0) is 18.2 Å². The van der Waals surface area contributed by atoms with E-state index < -0.39 is 25.5 Å². The molecule has 0 unspecified atom stereocenters. The third-order valence-corrected chi connectivity index (χ3v) is 3.64. The summed E-state index contributed by atoms with van der Waals surface area (Å²) in [5.74, 6) is -0.182. The fourth-order valence-electron chi connectivity index (χ4n) is 1.43. The lowest BCUT2D eigenvalue weighted by Crippen LogP contribution is -2.16. The zero-order valence-electron chi connectivity index (χ0n) is 9.92. The summed E-state index contributed by atoms with van der Waals surface area (Å²) in [5.41, 5.74) is 4.89. The van der Waals surface area contributed by atoms with Gasteiger partial charge in [0.05, 0.1) is 4.92 Å². The highest BCUT2D eigenvalue weighted by molar-refractivity contribution is 7.92. The third kappa shape index (κ3) is 2.80. The lowest BCUT2D eigenvalue weighted by Gasteiger charge is -2.07. The summed E-state index contributed by atoms with van der Waals surface area (Å²) in [6.07, 6.45) is 2.67. The summed E-state index contributed by atoms with van der Waals surface area (Å²) in [6.45, 7) is 0. The summed E-state index contributed by atoms with van der Waals surface area (Å²) < 4.78 is 26.3. The summed E-state index contributed by atoms with van der Waals surface area (Å²) in [6, 6.07) is 4.79. The Morgan fingerprint density at radius 2 is 1.90 bits per heavy atom. The van der Waals surface area contributed by atoms with Crippen molar-refractivity contribution in [2.24, 2.45) is 0 Å². The quantitative estimate of drug-likeness (QED) is 0.482. The molecular formula is C10H9N5O4S. The molecule has 0 bridgehead atoms. The minimum Gasteiger partial charge on any atom is -0.399 e. The number of hydrogen-bond donors (Lipinski definition) is 2. The Kier molecular flexibility index (Phi) is 3.48. The molecule has 0 radical (unpaired) electrons. The Labute approximate surface area is 113 Å². The molecule has 0 aliphatic carbocycles. The number of hydrogen-bond acceptors (Lipinski definition) is 7. The molecule has 2 rings (SSSR count). The minimum absolute atomic E-state index is 0.0895. The van der Waals surface area contributed by atoms with Crippen molar-refractivity contribution in [2.45, 2.75) is 4.90 Å². The maximum Gasteiger partial charge on any atom is 0.291 e. The van der Waals surface area contributed by atoms with E-state index in [2.05, 4.69) is 14.7 Å². The van der Waals surface area contributed by atoms with Gasteiger partial charge in [-0.2, -0.15) is 0 Å². The number of nitro benzene ring substituents is 1. The van der Waals surface area contributed by atoms with Gasteiger partial charge in [0.1, 0.15) is 0 Å². The van der Waals surface area contributed by atoms with Crippen LogP contribution in [-0.2, 0) is 10.0 Å². The van der Waals surface area contributed by atoms with Crippen LogP contribution in [0.4, 0.5) is 17.3 Å². The number of nitrogens with two attached hydrogens (primary N) is 1. The van der Waals surface area contributed by atoms with Gasteiger partial charge in [0.25, 0.3) is 15.7 Å². The zero-order chi connectivity index (χ0) is 14.8. The number of nitrogen functional groups attached to an aromatic ring is 1. The van der Waals surface area contributed by atoms with E-state index in [0.717, 1.165) is 12.1 Å². The number of benzene rings is 1. The van der Waals surface area contributed by atoms with Gasteiger partial charge in [0.15, 0.2) is 4.90 Å². The normalized spacial score (nSPS) is 11.0. The van der Waals surface area contributed by atoms with Gasteiger partial charge >= 0.3 is 0 Å². The van der Waals surface area contributed by atoms with Gasteiger partial charge in [-0.1, -0.05) is 0 Å². The van der Waals surface area contributed by atoms with Crippen LogP contribution in [0, 0.1) is 10.1 Å². The molecule has 0 saturated heterocycles. The predicted octanol–water partition coefficient (Wildman–Crippen LogP) is 0.768. The molecule has 0 saturated carbocycles. The van der Waals surface area contributed by atoms with Crippen molar-refractivity contribution < 1.29 is 13.3 Å². The Balaban J connectivity index is 2.47. The van der Waals surface area contributed by atoms with Crippen LogP contribution in [0.1, 0.15) is 0 Å². The summed E-state index contributed by atoms with van der Waals surface area (Å²) in [7, 11) is -4.18. The van der Waals surface area contributed by atoms with Crippen molar-refractivity contribution in [2.75, 3.05) is 10.5 Å². The first kappa shape index (κ1) is 13.7. The number of nitrogens with one attached hydrogen (secondary N) is 1. The first-order chi connectivity index (χ1) is 9.40. The molecule has 1 aromatic carbocycles. The molecule has 0 aliphatic heterocycles. The molecule has 9 nitrogen and oxygen atoms in total. The van der Waals surface area contributed by atoms with E-state index in [4.69, 9.17) is 5.73 Å². The van der Waals surface area contributed by atoms with Crippen LogP contribution in [0.3, 0.4) is 0 Å². The molecule has 0 atom stereocenters. The minimum atomic E-state index is -4.18. The number of anilines is 2. The van der Waals surface area contributed by atoms with Crippen molar-refractivity contribution in [1.29, 1.82) is 0 Å². The van der Waals surface area contributed by atoms with Gasteiger partial charge in [-0.15, -0.1) is 0 Å². The van der Waals surface area contributed by atoms with Crippen LogP contribution < -0.4 is 10.5 Å². The lowest BCUT2D eigenvalue weighted by molar-refractivity contribution is -0.387. The van der Waals surface area contributed by atoms with Crippen LogP contribution in [0.5, 0.6) is 0 Å². The molecule has 0 fully saturated rings. The highest BCUT2D eigenvalue weighted by atomic mass is 32.2. The average molecular weight is 295 g/mol. The van der Waals surface area contributed by atoms with Gasteiger partial charge in [0, 0.05) is 24.1 Å². The second-order valence-corrected chi connectivity index (χ2v) is 5.31. The number of rotatable bonds is 4. The van der Waals surface area contributed by atoms with Gasteiger partial charge in [-0.3, -0.25) is 10.1 Å². The number of nitro groups is 1. The molecule has 1 aromatic heterocycles. The van der Waals surface area contributed by atoms with Crippen molar-refractivity contribution in [3.63, 3.8) is 0 Å². The number of aromatic nitrogens is 2. The molecule has 0 spiro atoms. The molecule has 3 N–H and O–H groups in total. The third-order valence-electron chi connectivity index (χ3n) is 2.26. The maximum atomic E-state index is 12.1. The molecule has 0 aliphatic rings. The van der Waals surface area contributed by atoms with Gasteiger partial charge < -0.3 is 5.73 Å². The van der Waals surface area contributed by atoms with E-state index in [1.165, 1.54) is 24.5 Å². The van der Waals surface area contributed by atoms with Crippen LogP contribution in [0.25, 0.3) is 0 Å². The highest BCUT2D eigenvalue weighted by Crippen LogP contribution is 2.26. The van der Waals surface area contributed by atoms with E-state index in [0.29, 0.717) is 0 Å². The van der Waals surface area contributed by atoms with Crippen LogP contribution in [0.15, 0.2) is 41.6 Å². The maximum absolute atomic E-state index is 12.1. The molecule has 1 heterocycles. The highest BCUT2D eigenvalue weighted by Gasteiger charge is 2.26. The van der Waals surface area contributed by atoms with E-state index in [1.54, 1.807) is 0 Å². The first-order valence-corrected chi connectivity index (χ1v) is 6.72. The fraction of sp³-hybridized carbons (Fsp3) is 0.